The molecule has 2 unspecified atom stereocenters. The van der Waals surface area contributed by atoms with E-state index in [-0.39, 0.29) is 29.1 Å². The van der Waals surface area contributed by atoms with Crippen molar-refractivity contribution in [1.29, 1.82) is 0 Å². The Labute approximate surface area is 127 Å². The molecule has 0 saturated carbocycles. The molecule has 114 valence electrons. The minimum absolute atomic E-state index is 0.0678. The van der Waals surface area contributed by atoms with Gasteiger partial charge in [0.15, 0.2) is 0 Å². The summed E-state index contributed by atoms with van der Waals surface area (Å²) in [4.78, 5) is 24.6. The highest BCUT2D eigenvalue weighted by Gasteiger charge is 2.27. The number of β-amino-alcohol motifs (C(OH)–C–C–N with tert-alkyl or cyclic N) is 1. The molecular weight excluding hydrogens is 296 g/mol. The van der Waals surface area contributed by atoms with Gasteiger partial charge in [0.1, 0.15) is 0 Å². The lowest BCUT2D eigenvalue weighted by atomic mass is 9.96. The van der Waals surface area contributed by atoms with E-state index in [0.717, 1.165) is 6.42 Å². The van der Waals surface area contributed by atoms with Gasteiger partial charge in [-0.2, -0.15) is 0 Å². The number of halogens is 1. The van der Waals surface area contributed by atoms with Crippen molar-refractivity contribution >= 4 is 29.3 Å². The van der Waals surface area contributed by atoms with E-state index in [4.69, 9.17) is 16.7 Å². The summed E-state index contributed by atoms with van der Waals surface area (Å²) in [5.74, 6) is -0.985. The molecule has 3 N–H and O–H groups in total. The van der Waals surface area contributed by atoms with E-state index >= 15 is 0 Å². The molecule has 1 aliphatic rings. The van der Waals surface area contributed by atoms with Crippen molar-refractivity contribution in [2.75, 3.05) is 18.4 Å². The van der Waals surface area contributed by atoms with Gasteiger partial charge >= 0.3 is 12.0 Å². The molecule has 2 amide bonds. The number of likely N-dealkylation sites (tertiary alicyclic amines) is 1. The first-order valence-corrected chi connectivity index (χ1v) is 7.03. The topological polar surface area (TPSA) is 89.9 Å². The van der Waals surface area contributed by atoms with Crippen LogP contribution in [0.15, 0.2) is 18.2 Å². The summed E-state index contributed by atoms with van der Waals surface area (Å²) in [7, 11) is 0. The van der Waals surface area contributed by atoms with Crippen molar-refractivity contribution in [3.05, 3.63) is 28.8 Å². The lowest BCUT2D eigenvalue weighted by molar-refractivity contribution is 0.0464. The normalized spacial score (nSPS) is 22.0. The van der Waals surface area contributed by atoms with Gasteiger partial charge in [0, 0.05) is 18.8 Å². The highest BCUT2D eigenvalue weighted by atomic mass is 35.5. The molecule has 1 aromatic carbocycles. The zero-order valence-corrected chi connectivity index (χ0v) is 12.3. The number of urea groups is 1. The number of aromatic carboxylic acids is 1. The van der Waals surface area contributed by atoms with E-state index in [1.807, 2.05) is 6.92 Å². The molecule has 1 heterocycles. The molecule has 2 atom stereocenters. The molecule has 1 aromatic rings. The molecule has 7 heteroatoms. The largest absolute Gasteiger partial charge is 0.478 e. The Morgan fingerprint density at radius 1 is 1.43 bits per heavy atom. The first-order valence-electron chi connectivity index (χ1n) is 6.65. The van der Waals surface area contributed by atoms with Crippen LogP contribution in [0.25, 0.3) is 0 Å². The van der Waals surface area contributed by atoms with Gasteiger partial charge in [0.05, 0.1) is 16.7 Å². The lowest BCUT2D eigenvalue weighted by Gasteiger charge is -2.34. The van der Waals surface area contributed by atoms with Crippen LogP contribution in [0.5, 0.6) is 0 Å². The number of benzene rings is 1. The molecule has 0 radical (unpaired) electrons. The van der Waals surface area contributed by atoms with Crippen molar-refractivity contribution < 1.29 is 19.8 Å². The van der Waals surface area contributed by atoms with Crippen molar-refractivity contribution in [2.24, 2.45) is 5.92 Å². The lowest BCUT2D eigenvalue weighted by Crippen LogP contribution is -2.47. The Kier molecular flexibility index (Phi) is 4.69. The number of carboxylic acids is 1. The van der Waals surface area contributed by atoms with E-state index in [1.165, 1.54) is 23.1 Å². The standard InChI is InChI=1S/C14H17ClN2O4/c1-8-4-5-17(7-12(8)18)14(21)16-9-2-3-11(15)10(6-9)13(19)20/h2-3,6,8,12,18H,4-5,7H2,1H3,(H,16,21)(H,19,20). The van der Waals surface area contributed by atoms with Crippen LogP contribution in [0.2, 0.25) is 5.02 Å². The zero-order valence-electron chi connectivity index (χ0n) is 11.5. The van der Waals surface area contributed by atoms with Crippen LogP contribution in [0.1, 0.15) is 23.7 Å². The summed E-state index contributed by atoms with van der Waals surface area (Å²) in [6.45, 7) is 2.77. The van der Waals surface area contributed by atoms with Crippen LogP contribution in [-0.2, 0) is 0 Å². The van der Waals surface area contributed by atoms with Crippen molar-refractivity contribution in [2.45, 2.75) is 19.4 Å². The Hall–Kier alpha value is -1.79. The number of carbonyl (C=O) groups is 2. The number of amides is 2. The summed E-state index contributed by atoms with van der Waals surface area (Å²) in [6, 6.07) is 3.91. The third-order valence-electron chi connectivity index (χ3n) is 3.65. The summed E-state index contributed by atoms with van der Waals surface area (Å²) >= 11 is 5.77. The van der Waals surface area contributed by atoms with Crippen LogP contribution in [0, 0.1) is 5.92 Å². The van der Waals surface area contributed by atoms with Crippen LogP contribution in [0.4, 0.5) is 10.5 Å². The van der Waals surface area contributed by atoms with Crippen molar-refractivity contribution in [1.82, 2.24) is 4.90 Å². The molecule has 0 aliphatic carbocycles. The first-order chi connectivity index (χ1) is 9.88. The molecule has 0 aromatic heterocycles. The smallest absolute Gasteiger partial charge is 0.337 e. The molecule has 1 aliphatic heterocycles. The fourth-order valence-corrected chi connectivity index (χ4v) is 2.40. The monoisotopic (exact) mass is 312 g/mol. The van der Waals surface area contributed by atoms with E-state index in [0.29, 0.717) is 12.2 Å². The Balaban J connectivity index is 2.06. The summed E-state index contributed by atoms with van der Waals surface area (Å²) in [5.41, 5.74) is 0.289. The van der Waals surface area contributed by atoms with Crippen LogP contribution in [-0.4, -0.2) is 46.3 Å². The van der Waals surface area contributed by atoms with Gasteiger partial charge in [-0.25, -0.2) is 9.59 Å². The zero-order chi connectivity index (χ0) is 15.6. The number of hydrogen-bond donors (Lipinski definition) is 3. The minimum Gasteiger partial charge on any atom is -0.478 e. The molecule has 21 heavy (non-hydrogen) atoms. The number of rotatable bonds is 2. The number of hydrogen-bond acceptors (Lipinski definition) is 3. The highest BCUT2D eigenvalue weighted by molar-refractivity contribution is 6.33. The predicted octanol–water partition coefficient (Wildman–Crippen LogP) is 2.27. The second-order valence-electron chi connectivity index (χ2n) is 5.21. The van der Waals surface area contributed by atoms with Gasteiger partial charge in [0.25, 0.3) is 0 Å². The van der Waals surface area contributed by atoms with E-state index in [9.17, 15) is 14.7 Å². The molecular formula is C14H17ClN2O4. The minimum atomic E-state index is -1.15. The number of carboxylic acid groups (broad SMARTS) is 1. The molecule has 1 saturated heterocycles. The SMILES string of the molecule is CC1CCN(C(=O)Nc2ccc(Cl)c(C(=O)O)c2)CC1O. The van der Waals surface area contributed by atoms with Gasteiger partial charge in [-0.1, -0.05) is 18.5 Å². The summed E-state index contributed by atoms with van der Waals surface area (Å²) in [5, 5.41) is 21.5. The maximum Gasteiger partial charge on any atom is 0.337 e. The summed E-state index contributed by atoms with van der Waals surface area (Å²) in [6.07, 6.45) is 0.194. The second kappa shape index (κ2) is 6.32. The van der Waals surface area contributed by atoms with Crippen molar-refractivity contribution in [3.8, 4) is 0 Å². The van der Waals surface area contributed by atoms with E-state index < -0.39 is 12.1 Å². The number of carbonyl (C=O) groups excluding carboxylic acids is 1. The summed E-state index contributed by atoms with van der Waals surface area (Å²) < 4.78 is 0. The third kappa shape index (κ3) is 3.65. The molecule has 0 spiro atoms. The van der Waals surface area contributed by atoms with Crippen molar-refractivity contribution in [3.63, 3.8) is 0 Å². The van der Waals surface area contributed by atoms with Gasteiger partial charge < -0.3 is 20.4 Å². The van der Waals surface area contributed by atoms with E-state index in [2.05, 4.69) is 5.32 Å². The number of aliphatic hydroxyl groups excluding tert-OH is 1. The number of aliphatic hydroxyl groups is 1. The predicted molar refractivity (Wildman–Crippen MR) is 78.8 cm³/mol. The molecule has 0 bridgehead atoms. The highest BCUT2D eigenvalue weighted by Crippen LogP contribution is 2.22. The fourth-order valence-electron chi connectivity index (χ4n) is 2.20. The Morgan fingerprint density at radius 2 is 2.14 bits per heavy atom. The maximum absolute atomic E-state index is 12.1. The van der Waals surface area contributed by atoms with Crippen LogP contribution < -0.4 is 5.32 Å². The van der Waals surface area contributed by atoms with Crippen LogP contribution >= 0.6 is 11.6 Å². The second-order valence-corrected chi connectivity index (χ2v) is 5.62. The number of nitrogens with zero attached hydrogens (tertiary/aromatic N) is 1. The fraction of sp³-hybridized carbons (Fsp3) is 0.429. The van der Waals surface area contributed by atoms with Gasteiger partial charge in [-0.3, -0.25) is 0 Å². The first kappa shape index (κ1) is 15.6. The van der Waals surface area contributed by atoms with Gasteiger partial charge in [-0.15, -0.1) is 0 Å². The molecule has 6 nitrogen and oxygen atoms in total. The Morgan fingerprint density at radius 3 is 2.76 bits per heavy atom. The maximum atomic E-state index is 12.1. The van der Waals surface area contributed by atoms with Gasteiger partial charge in [0.2, 0.25) is 0 Å². The number of nitrogens with one attached hydrogen (secondary N) is 1. The molecule has 1 fully saturated rings. The number of anilines is 1. The number of piperidine rings is 1. The van der Waals surface area contributed by atoms with E-state index in [1.54, 1.807) is 0 Å². The average molecular weight is 313 g/mol. The quantitative estimate of drug-likeness (QED) is 0.781. The Bertz CT molecular complexity index is 564. The third-order valence-corrected chi connectivity index (χ3v) is 3.98. The van der Waals surface area contributed by atoms with Gasteiger partial charge in [-0.05, 0) is 30.5 Å². The molecule has 2 rings (SSSR count). The average Bonchev–Trinajstić information content (AvgIpc) is 2.43. The van der Waals surface area contributed by atoms with Crippen LogP contribution in [0.3, 0.4) is 0 Å².